The molecule has 27 heavy (non-hydrogen) atoms. The molecule has 6 heteroatoms. The molecule has 1 amide bonds. The number of nitrogens with one attached hydrogen (secondary N) is 1. The maximum absolute atomic E-state index is 12.6. The first kappa shape index (κ1) is 23.4. The van der Waals surface area contributed by atoms with Crippen LogP contribution >= 0.6 is 12.4 Å². The number of halogens is 1. The van der Waals surface area contributed by atoms with Gasteiger partial charge in [-0.3, -0.25) is 9.59 Å². The number of carbonyl (C=O) groups excluding carboxylic acids is 2. The van der Waals surface area contributed by atoms with E-state index in [1.807, 2.05) is 30.3 Å². The highest BCUT2D eigenvalue weighted by atomic mass is 35.5. The minimum Gasteiger partial charge on any atom is -0.462 e. The summed E-state index contributed by atoms with van der Waals surface area (Å²) in [5.41, 5.74) is 6.30. The van der Waals surface area contributed by atoms with E-state index in [2.05, 4.69) is 26.1 Å². The maximum atomic E-state index is 12.6. The Morgan fingerprint density at radius 1 is 1.22 bits per heavy atom. The van der Waals surface area contributed by atoms with Gasteiger partial charge in [0.2, 0.25) is 5.91 Å². The minimum absolute atomic E-state index is 0. The van der Waals surface area contributed by atoms with Crippen LogP contribution < -0.4 is 11.1 Å². The predicted molar refractivity (Wildman–Crippen MR) is 109 cm³/mol. The highest BCUT2D eigenvalue weighted by molar-refractivity contribution is 5.85. The van der Waals surface area contributed by atoms with Crippen LogP contribution in [0.1, 0.15) is 58.1 Å². The Kier molecular flexibility index (Phi) is 9.81. The molecule has 152 valence electrons. The van der Waals surface area contributed by atoms with Crippen LogP contribution in [0.15, 0.2) is 30.3 Å². The van der Waals surface area contributed by atoms with Crippen molar-refractivity contribution in [2.75, 3.05) is 6.54 Å². The fourth-order valence-corrected chi connectivity index (χ4v) is 3.82. The lowest BCUT2D eigenvalue weighted by molar-refractivity contribution is -0.156. The number of ether oxygens (including phenoxy) is 1. The molecular weight excluding hydrogens is 364 g/mol. The zero-order valence-electron chi connectivity index (χ0n) is 16.5. The van der Waals surface area contributed by atoms with E-state index in [1.54, 1.807) is 0 Å². The van der Waals surface area contributed by atoms with Gasteiger partial charge in [-0.2, -0.15) is 0 Å². The Morgan fingerprint density at radius 2 is 1.89 bits per heavy atom. The summed E-state index contributed by atoms with van der Waals surface area (Å²) >= 11 is 0. The lowest BCUT2D eigenvalue weighted by atomic mass is 9.75. The van der Waals surface area contributed by atoms with Gasteiger partial charge in [-0.15, -0.1) is 12.4 Å². The first-order valence-corrected chi connectivity index (χ1v) is 9.64. The molecule has 4 atom stereocenters. The van der Waals surface area contributed by atoms with E-state index >= 15 is 0 Å². The van der Waals surface area contributed by atoms with E-state index in [4.69, 9.17) is 10.5 Å². The minimum atomic E-state index is -0.418. The highest BCUT2D eigenvalue weighted by Gasteiger charge is 2.34. The van der Waals surface area contributed by atoms with Crippen LogP contribution in [0.4, 0.5) is 0 Å². The van der Waals surface area contributed by atoms with Crippen LogP contribution in [0.2, 0.25) is 0 Å². The Hall–Kier alpha value is -1.59. The van der Waals surface area contributed by atoms with E-state index in [0.29, 0.717) is 17.8 Å². The SMILES string of the molecule is CC(C)[C@H]1CC[C@@H](C)C[C@@H]1OC(=O)C[C@@H](NC(=O)CN)c1ccccc1.Cl. The summed E-state index contributed by atoms with van der Waals surface area (Å²) in [5, 5.41) is 2.83. The monoisotopic (exact) mass is 396 g/mol. The van der Waals surface area contributed by atoms with Crippen molar-refractivity contribution in [1.82, 2.24) is 5.32 Å². The van der Waals surface area contributed by atoms with Gasteiger partial charge in [0, 0.05) is 0 Å². The summed E-state index contributed by atoms with van der Waals surface area (Å²) in [5.74, 6) is 0.926. The van der Waals surface area contributed by atoms with Crippen molar-refractivity contribution in [1.29, 1.82) is 0 Å². The zero-order valence-corrected chi connectivity index (χ0v) is 17.3. The predicted octanol–water partition coefficient (Wildman–Crippen LogP) is 3.62. The van der Waals surface area contributed by atoms with Crippen LogP contribution in [0.3, 0.4) is 0 Å². The van der Waals surface area contributed by atoms with Crippen molar-refractivity contribution >= 4 is 24.3 Å². The standard InChI is InChI=1S/C21H32N2O3.ClH/c1-14(2)17-10-9-15(3)11-19(17)26-21(25)12-18(23-20(24)13-22)16-7-5-4-6-8-16;/h4-8,14-15,17-19H,9-13,22H2,1-3H3,(H,23,24);1H/t15-,17-,18-,19+;/m1./s1. The van der Waals surface area contributed by atoms with Crippen molar-refractivity contribution in [3.63, 3.8) is 0 Å². The van der Waals surface area contributed by atoms with Gasteiger partial charge in [0.1, 0.15) is 6.10 Å². The summed E-state index contributed by atoms with van der Waals surface area (Å²) in [6.45, 7) is 6.49. The molecule has 1 aromatic carbocycles. The summed E-state index contributed by atoms with van der Waals surface area (Å²) in [6, 6.07) is 9.06. The van der Waals surface area contributed by atoms with Crippen LogP contribution in [-0.2, 0) is 14.3 Å². The summed E-state index contributed by atoms with van der Waals surface area (Å²) < 4.78 is 5.88. The second kappa shape index (κ2) is 11.3. The van der Waals surface area contributed by atoms with E-state index in [1.165, 1.54) is 6.42 Å². The molecule has 0 heterocycles. The van der Waals surface area contributed by atoms with Gasteiger partial charge in [0.25, 0.3) is 0 Å². The van der Waals surface area contributed by atoms with Crippen molar-refractivity contribution in [3.05, 3.63) is 35.9 Å². The number of benzene rings is 1. The molecule has 0 aliphatic heterocycles. The Morgan fingerprint density at radius 3 is 2.48 bits per heavy atom. The molecule has 1 aromatic rings. The molecule has 0 aromatic heterocycles. The molecule has 0 unspecified atom stereocenters. The van der Waals surface area contributed by atoms with Gasteiger partial charge in [-0.25, -0.2) is 0 Å². The van der Waals surface area contributed by atoms with Crippen LogP contribution in [0, 0.1) is 17.8 Å². The first-order chi connectivity index (χ1) is 12.4. The molecule has 3 N–H and O–H groups in total. The van der Waals surface area contributed by atoms with E-state index < -0.39 is 6.04 Å². The molecular formula is C21H33ClN2O3. The molecule has 1 fully saturated rings. The van der Waals surface area contributed by atoms with Crippen molar-refractivity contribution in [2.24, 2.45) is 23.5 Å². The van der Waals surface area contributed by atoms with Gasteiger partial charge in [-0.1, -0.05) is 57.5 Å². The lowest BCUT2D eigenvalue weighted by Crippen LogP contribution is -2.38. The Balaban J connectivity index is 0.00000364. The van der Waals surface area contributed by atoms with E-state index in [-0.39, 0.29) is 43.4 Å². The van der Waals surface area contributed by atoms with Crippen molar-refractivity contribution in [3.8, 4) is 0 Å². The number of rotatable bonds is 7. The number of nitrogens with two attached hydrogens (primary N) is 1. The largest absolute Gasteiger partial charge is 0.462 e. The number of carbonyl (C=O) groups is 2. The first-order valence-electron chi connectivity index (χ1n) is 9.64. The van der Waals surface area contributed by atoms with Crippen molar-refractivity contribution < 1.29 is 14.3 Å². The molecule has 1 aliphatic carbocycles. The smallest absolute Gasteiger partial charge is 0.308 e. The second-order valence-electron chi connectivity index (χ2n) is 7.79. The lowest BCUT2D eigenvalue weighted by Gasteiger charge is -2.37. The van der Waals surface area contributed by atoms with Gasteiger partial charge in [0.15, 0.2) is 0 Å². The number of hydrogen-bond acceptors (Lipinski definition) is 4. The summed E-state index contributed by atoms with van der Waals surface area (Å²) in [4.78, 5) is 24.4. The fraction of sp³-hybridized carbons (Fsp3) is 0.619. The normalized spacial score (nSPS) is 23.2. The molecule has 5 nitrogen and oxygen atoms in total. The molecule has 0 bridgehead atoms. The van der Waals surface area contributed by atoms with Crippen LogP contribution in [0.25, 0.3) is 0 Å². The van der Waals surface area contributed by atoms with Gasteiger partial charge >= 0.3 is 5.97 Å². The number of hydrogen-bond donors (Lipinski definition) is 2. The Bertz CT molecular complexity index is 594. The number of amides is 1. The van der Waals surface area contributed by atoms with Gasteiger partial charge < -0.3 is 15.8 Å². The topological polar surface area (TPSA) is 81.4 Å². The van der Waals surface area contributed by atoms with Gasteiger partial charge in [0.05, 0.1) is 19.0 Å². The van der Waals surface area contributed by atoms with Gasteiger partial charge in [-0.05, 0) is 36.2 Å². The zero-order chi connectivity index (χ0) is 19.1. The van der Waals surface area contributed by atoms with Crippen LogP contribution in [0.5, 0.6) is 0 Å². The molecule has 2 rings (SSSR count). The molecule has 1 saturated carbocycles. The number of esters is 1. The third-order valence-corrected chi connectivity index (χ3v) is 5.34. The van der Waals surface area contributed by atoms with Crippen molar-refractivity contribution in [2.45, 2.75) is 58.6 Å². The average Bonchev–Trinajstić information content (AvgIpc) is 2.61. The quantitative estimate of drug-likeness (QED) is 0.689. The maximum Gasteiger partial charge on any atom is 0.308 e. The third kappa shape index (κ3) is 7.15. The molecule has 0 spiro atoms. The molecule has 0 radical (unpaired) electrons. The third-order valence-electron chi connectivity index (χ3n) is 5.34. The van der Waals surface area contributed by atoms with E-state index in [9.17, 15) is 9.59 Å². The summed E-state index contributed by atoms with van der Waals surface area (Å²) in [7, 11) is 0. The summed E-state index contributed by atoms with van der Waals surface area (Å²) in [6.07, 6.45) is 3.29. The fourth-order valence-electron chi connectivity index (χ4n) is 3.82. The highest BCUT2D eigenvalue weighted by Crippen LogP contribution is 2.35. The molecule has 0 saturated heterocycles. The van der Waals surface area contributed by atoms with Crippen LogP contribution in [-0.4, -0.2) is 24.5 Å². The second-order valence-corrected chi connectivity index (χ2v) is 7.79. The Labute approximate surface area is 168 Å². The molecule has 1 aliphatic rings. The average molecular weight is 397 g/mol. The van der Waals surface area contributed by atoms with E-state index in [0.717, 1.165) is 18.4 Å².